The summed E-state index contributed by atoms with van der Waals surface area (Å²) in [5.74, 6) is 0.791. The molecule has 1 heterocycles. The summed E-state index contributed by atoms with van der Waals surface area (Å²) in [7, 11) is 1.65. The summed E-state index contributed by atoms with van der Waals surface area (Å²) >= 11 is 0. The van der Waals surface area contributed by atoms with E-state index in [-0.39, 0.29) is 17.7 Å². The van der Waals surface area contributed by atoms with Crippen LogP contribution in [0.15, 0.2) is 72.8 Å². The quantitative estimate of drug-likeness (QED) is 0.526. The first-order valence-electron chi connectivity index (χ1n) is 11.2. The first-order valence-corrected chi connectivity index (χ1v) is 11.2. The molecule has 0 aromatic heterocycles. The van der Waals surface area contributed by atoms with Crippen molar-refractivity contribution in [2.24, 2.45) is 5.92 Å². The van der Waals surface area contributed by atoms with Gasteiger partial charge >= 0.3 is 0 Å². The molecule has 6 heteroatoms. The minimum Gasteiger partial charge on any atom is -0.497 e. The second-order valence-electron chi connectivity index (χ2n) is 8.39. The van der Waals surface area contributed by atoms with Crippen LogP contribution >= 0.6 is 0 Å². The molecule has 1 fully saturated rings. The summed E-state index contributed by atoms with van der Waals surface area (Å²) in [6.45, 7) is 1.30. The number of ether oxygens (including phenoxy) is 1. The monoisotopic (exact) mass is 443 g/mol. The van der Waals surface area contributed by atoms with Crippen LogP contribution in [0.4, 0.5) is 11.4 Å². The lowest BCUT2D eigenvalue weighted by Crippen LogP contribution is -2.41. The lowest BCUT2D eigenvalue weighted by Gasteiger charge is -2.32. The van der Waals surface area contributed by atoms with Crippen LogP contribution in [0.2, 0.25) is 0 Å². The predicted molar refractivity (Wildman–Crippen MR) is 130 cm³/mol. The number of hydrogen-bond donors (Lipinski definition) is 2. The molecule has 1 saturated heterocycles. The van der Waals surface area contributed by atoms with Crippen molar-refractivity contribution < 1.29 is 14.3 Å². The molecule has 2 amide bonds. The van der Waals surface area contributed by atoms with Gasteiger partial charge in [-0.15, -0.1) is 0 Å². The minimum atomic E-state index is -0.215. The van der Waals surface area contributed by atoms with Crippen molar-refractivity contribution in [2.45, 2.75) is 25.8 Å². The van der Waals surface area contributed by atoms with Crippen molar-refractivity contribution in [3.05, 3.63) is 89.5 Å². The van der Waals surface area contributed by atoms with Crippen LogP contribution in [-0.2, 0) is 17.8 Å². The van der Waals surface area contributed by atoms with Crippen molar-refractivity contribution in [2.75, 3.05) is 24.7 Å². The van der Waals surface area contributed by atoms with Gasteiger partial charge in [0.1, 0.15) is 5.75 Å². The van der Waals surface area contributed by atoms with Gasteiger partial charge < -0.3 is 20.7 Å². The summed E-state index contributed by atoms with van der Waals surface area (Å²) in [5.41, 5.74) is 9.71. The van der Waals surface area contributed by atoms with E-state index in [2.05, 4.69) is 5.32 Å². The van der Waals surface area contributed by atoms with E-state index in [4.69, 9.17) is 10.5 Å². The predicted octanol–water partition coefficient (Wildman–Crippen LogP) is 4.51. The van der Waals surface area contributed by atoms with Gasteiger partial charge in [0, 0.05) is 24.6 Å². The fourth-order valence-electron chi connectivity index (χ4n) is 4.20. The maximum absolute atomic E-state index is 13.1. The van der Waals surface area contributed by atoms with E-state index in [0.29, 0.717) is 23.5 Å². The zero-order valence-electron chi connectivity index (χ0n) is 18.8. The maximum atomic E-state index is 13.1. The van der Waals surface area contributed by atoms with Gasteiger partial charge in [0.05, 0.1) is 18.5 Å². The summed E-state index contributed by atoms with van der Waals surface area (Å²) in [6, 6.07) is 22.5. The molecule has 1 aliphatic rings. The summed E-state index contributed by atoms with van der Waals surface area (Å²) in [4.78, 5) is 27.6. The second kappa shape index (κ2) is 10.2. The van der Waals surface area contributed by atoms with E-state index < -0.39 is 0 Å². The molecule has 1 atom stereocenters. The Morgan fingerprint density at radius 1 is 1.03 bits per heavy atom. The van der Waals surface area contributed by atoms with Gasteiger partial charge in [-0.05, 0) is 66.8 Å². The lowest BCUT2D eigenvalue weighted by atomic mass is 9.90. The van der Waals surface area contributed by atoms with Crippen molar-refractivity contribution in [1.29, 1.82) is 0 Å². The van der Waals surface area contributed by atoms with Gasteiger partial charge in [0.2, 0.25) is 5.91 Å². The molecule has 170 valence electrons. The highest BCUT2D eigenvalue weighted by Gasteiger charge is 2.28. The van der Waals surface area contributed by atoms with E-state index in [0.717, 1.165) is 42.7 Å². The van der Waals surface area contributed by atoms with Gasteiger partial charge in [0.25, 0.3) is 5.91 Å². The smallest absolute Gasteiger partial charge is 0.255 e. The molecule has 0 radical (unpaired) electrons. The molecule has 3 N–H and O–H groups in total. The van der Waals surface area contributed by atoms with Crippen molar-refractivity contribution in [3.8, 4) is 5.75 Å². The molecule has 3 aromatic carbocycles. The van der Waals surface area contributed by atoms with Gasteiger partial charge in [-0.25, -0.2) is 0 Å². The number of methoxy groups -OCH3 is 1. The van der Waals surface area contributed by atoms with E-state index in [1.54, 1.807) is 31.4 Å². The number of nitrogens with one attached hydrogen (secondary N) is 1. The third-order valence-electron chi connectivity index (χ3n) is 6.08. The number of benzene rings is 3. The molecular formula is C27H29N3O3. The molecule has 6 nitrogen and oxygen atoms in total. The molecular weight excluding hydrogens is 414 g/mol. The van der Waals surface area contributed by atoms with Crippen molar-refractivity contribution in [1.82, 2.24) is 4.90 Å². The molecule has 4 rings (SSSR count). The average molecular weight is 444 g/mol. The standard InChI is InChI=1S/C27H29N3O3/c1-33-23-14-10-19(11-15-23)17-22-5-4-16-30(27(22)32)18-20-8-12-21(13-9-20)26(31)29-25-7-3-2-6-24(25)28/h2-3,6-15,22H,4-5,16-18,28H2,1H3,(H,29,31). The molecule has 0 spiro atoms. The van der Waals surface area contributed by atoms with E-state index in [1.165, 1.54) is 0 Å². The number of hydrogen-bond acceptors (Lipinski definition) is 4. The van der Waals surface area contributed by atoms with Crippen LogP contribution in [0.1, 0.15) is 34.3 Å². The number of rotatable bonds is 7. The Bertz CT molecular complexity index is 1110. The highest BCUT2D eigenvalue weighted by molar-refractivity contribution is 6.05. The number of para-hydroxylation sites is 2. The Morgan fingerprint density at radius 3 is 2.42 bits per heavy atom. The zero-order chi connectivity index (χ0) is 23.2. The molecule has 0 saturated carbocycles. The van der Waals surface area contributed by atoms with E-state index in [1.807, 2.05) is 53.4 Å². The number of anilines is 2. The molecule has 0 bridgehead atoms. The van der Waals surface area contributed by atoms with Crippen molar-refractivity contribution >= 4 is 23.2 Å². The number of amides is 2. The Balaban J connectivity index is 1.36. The molecule has 3 aromatic rings. The van der Waals surface area contributed by atoms with Crippen LogP contribution in [0.25, 0.3) is 0 Å². The number of nitrogens with two attached hydrogens (primary N) is 1. The molecule has 33 heavy (non-hydrogen) atoms. The molecule has 1 aliphatic heterocycles. The minimum absolute atomic E-state index is 0.00599. The number of carbonyl (C=O) groups is 2. The zero-order valence-corrected chi connectivity index (χ0v) is 18.8. The molecule has 0 aliphatic carbocycles. The number of likely N-dealkylation sites (tertiary alicyclic amines) is 1. The Labute approximate surface area is 194 Å². The third-order valence-corrected chi connectivity index (χ3v) is 6.08. The molecule has 1 unspecified atom stereocenters. The van der Waals surface area contributed by atoms with E-state index in [9.17, 15) is 9.59 Å². The highest BCUT2D eigenvalue weighted by atomic mass is 16.5. The first kappa shape index (κ1) is 22.4. The fourth-order valence-corrected chi connectivity index (χ4v) is 4.20. The van der Waals surface area contributed by atoms with Gasteiger partial charge in [-0.1, -0.05) is 36.4 Å². The maximum Gasteiger partial charge on any atom is 0.255 e. The van der Waals surface area contributed by atoms with Gasteiger partial charge in [-0.2, -0.15) is 0 Å². The summed E-state index contributed by atoms with van der Waals surface area (Å²) in [6.07, 6.45) is 2.63. The second-order valence-corrected chi connectivity index (χ2v) is 8.39. The van der Waals surface area contributed by atoms with Crippen LogP contribution in [0, 0.1) is 5.92 Å². The average Bonchev–Trinajstić information content (AvgIpc) is 2.84. The lowest BCUT2D eigenvalue weighted by molar-refractivity contribution is -0.139. The number of carbonyl (C=O) groups excluding carboxylic acids is 2. The largest absolute Gasteiger partial charge is 0.497 e. The Morgan fingerprint density at radius 2 is 1.73 bits per heavy atom. The van der Waals surface area contributed by atoms with Crippen LogP contribution in [0.3, 0.4) is 0 Å². The van der Waals surface area contributed by atoms with Crippen LogP contribution in [-0.4, -0.2) is 30.4 Å². The fraction of sp³-hybridized carbons (Fsp3) is 0.259. The SMILES string of the molecule is COc1ccc(CC2CCCN(Cc3ccc(C(=O)Nc4ccccc4N)cc3)C2=O)cc1. The normalized spacial score (nSPS) is 15.8. The Kier molecular flexibility index (Phi) is 6.93. The highest BCUT2D eigenvalue weighted by Crippen LogP contribution is 2.25. The first-order chi connectivity index (χ1) is 16.0. The van der Waals surface area contributed by atoms with Gasteiger partial charge in [-0.3, -0.25) is 9.59 Å². The summed E-state index contributed by atoms with van der Waals surface area (Å²) in [5, 5.41) is 2.83. The third kappa shape index (κ3) is 5.52. The van der Waals surface area contributed by atoms with Gasteiger partial charge in [0.15, 0.2) is 0 Å². The van der Waals surface area contributed by atoms with Crippen molar-refractivity contribution in [3.63, 3.8) is 0 Å². The number of nitrogens with zero attached hydrogens (tertiary/aromatic N) is 1. The van der Waals surface area contributed by atoms with Crippen LogP contribution < -0.4 is 15.8 Å². The van der Waals surface area contributed by atoms with Crippen LogP contribution in [0.5, 0.6) is 5.75 Å². The summed E-state index contributed by atoms with van der Waals surface area (Å²) < 4.78 is 5.22. The van der Waals surface area contributed by atoms with E-state index >= 15 is 0 Å². The number of piperidine rings is 1. The Hall–Kier alpha value is -3.80. The topological polar surface area (TPSA) is 84.7 Å². The number of nitrogen functional groups attached to an aromatic ring is 1.